The molecule has 2 saturated heterocycles. The number of piperidine rings is 1. The lowest BCUT2D eigenvalue weighted by Gasteiger charge is -2.43. The third kappa shape index (κ3) is 2.27. The molecule has 3 heteroatoms. The molecule has 0 unspecified atom stereocenters. The number of likely N-dealkylation sites (tertiary alicyclic amines) is 1. The zero-order valence-electron chi connectivity index (χ0n) is 9.42. The molecule has 2 heterocycles. The van der Waals surface area contributed by atoms with Crippen LogP contribution in [0.5, 0.6) is 0 Å². The molecule has 0 radical (unpaired) electrons. The van der Waals surface area contributed by atoms with E-state index in [0.29, 0.717) is 0 Å². The van der Waals surface area contributed by atoms with Crippen molar-refractivity contribution in [3.8, 4) is 0 Å². The summed E-state index contributed by atoms with van der Waals surface area (Å²) in [5.74, 6) is -0.218. The van der Waals surface area contributed by atoms with E-state index in [1.54, 1.807) is 0 Å². The maximum absolute atomic E-state index is 5.89. The molecule has 1 spiro atoms. The van der Waals surface area contributed by atoms with Crippen LogP contribution in [0.1, 0.15) is 25.7 Å². The summed E-state index contributed by atoms with van der Waals surface area (Å²) in [5.41, 5.74) is 0. The summed E-state index contributed by atoms with van der Waals surface area (Å²) in [7, 11) is 4.56. The number of hydrogen-bond donors (Lipinski definition) is 0. The van der Waals surface area contributed by atoms with E-state index < -0.39 is 0 Å². The molecule has 0 saturated carbocycles. The van der Waals surface area contributed by atoms with E-state index in [4.69, 9.17) is 9.47 Å². The maximum atomic E-state index is 5.89. The Balaban J connectivity index is 1.96. The Morgan fingerprint density at radius 1 is 0.929 bits per heavy atom. The Hall–Kier alpha value is -0.120. The molecule has 0 aromatic carbocycles. The topological polar surface area (TPSA) is 18.5 Å². The van der Waals surface area contributed by atoms with Crippen molar-refractivity contribution in [1.29, 1.82) is 0 Å². The molecule has 0 atom stereocenters. The SMILES string of the molecule is C[N+]1(C)CCC2(CC1)OCCCCO2. The van der Waals surface area contributed by atoms with Crippen LogP contribution in [0.3, 0.4) is 0 Å². The molecule has 14 heavy (non-hydrogen) atoms. The van der Waals surface area contributed by atoms with Crippen molar-refractivity contribution in [3.63, 3.8) is 0 Å². The zero-order chi connectivity index (χ0) is 10.1. The molecule has 0 amide bonds. The van der Waals surface area contributed by atoms with Crippen molar-refractivity contribution in [1.82, 2.24) is 0 Å². The first-order chi connectivity index (χ1) is 6.62. The van der Waals surface area contributed by atoms with E-state index in [9.17, 15) is 0 Å². The largest absolute Gasteiger partial charge is 0.349 e. The van der Waals surface area contributed by atoms with Gasteiger partial charge in [-0.3, -0.25) is 0 Å². The minimum absolute atomic E-state index is 0.218. The average molecular weight is 200 g/mol. The molecule has 2 aliphatic heterocycles. The third-order valence-electron chi connectivity index (χ3n) is 3.46. The Labute approximate surface area is 86.6 Å². The van der Waals surface area contributed by atoms with E-state index in [-0.39, 0.29) is 5.79 Å². The van der Waals surface area contributed by atoms with Crippen molar-refractivity contribution in [2.45, 2.75) is 31.5 Å². The molecule has 2 aliphatic rings. The minimum atomic E-state index is -0.218. The summed E-state index contributed by atoms with van der Waals surface area (Å²) in [6.45, 7) is 4.10. The molecule has 3 nitrogen and oxygen atoms in total. The van der Waals surface area contributed by atoms with Crippen LogP contribution in [-0.2, 0) is 9.47 Å². The lowest BCUT2D eigenvalue weighted by atomic mass is 10.0. The molecule has 2 rings (SSSR count). The van der Waals surface area contributed by atoms with Crippen LogP contribution >= 0.6 is 0 Å². The average Bonchev–Trinajstić information content (AvgIpc) is 2.37. The Bertz CT molecular complexity index is 183. The van der Waals surface area contributed by atoms with Gasteiger partial charge in [0, 0.05) is 0 Å². The highest BCUT2D eigenvalue weighted by Gasteiger charge is 2.41. The van der Waals surface area contributed by atoms with Crippen LogP contribution in [0.15, 0.2) is 0 Å². The summed E-state index contributed by atoms with van der Waals surface area (Å²) in [6, 6.07) is 0. The predicted octanol–water partition coefficient (Wildman–Crippen LogP) is 1.38. The zero-order valence-corrected chi connectivity index (χ0v) is 9.42. The number of quaternary nitrogens is 1. The highest BCUT2D eigenvalue weighted by molar-refractivity contribution is 4.75. The molecule has 2 fully saturated rings. The summed E-state index contributed by atoms with van der Waals surface area (Å²) in [5, 5.41) is 0. The summed E-state index contributed by atoms with van der Waals surface area (Å²) < 4.78 is 12.9. The molecule has 0 bridgehead atoms. The van der Waals surface area contributed by atoms with Gasteiger partial charge in [0.15, 0.2) is 5.79 Å². The second kappa shape index (κ2) is 3.80. The second-order valence-electron chi connectivity index (χ2n) is 5.20. The fraction of sp³-hybridized carbons (Fsp3) is 1.00. The molecule has 0 N–H and O–H groups in total. The Morgan fingerprint density at radius 3 is 1.93 bits per heavy atom. The van der Waals surface area contributed by atoms with Crippen LogP contribution in [0.4, 0.5) is 0 Å². The van der Waals surface area contributed by atoms with Crippen molar-refractivity contribution >= 4 is 0 Å². The fourth-order valence-corrected chi connectivity index (χ4v) is 2.23. The molecular formula is C11H22NO2+. The van der Waals surface area contributed by atoms with Crippen molar-refractivity contribution in [3.05, 3.63) is 0 Å². The predicted molar refractivity (Wildman–Crippen MR) is 54.9 cm³/mol. The molecule has 82 valence electrons. The van der Waals surface area contributed by atoms with E-state index in [0.717, 1.165) is 43.4 Å². The number of ether oxygens (including phenoxy) is 2. The standard InChI is InChI=1S/C11H22NO2/c1-12(2)7-5-11(6-8-12)13-9-3-4-10-14-11/h3-10H2,1-2H3/q+1. The van der Waals surface area contributed by atoms with Gasteiger partial charge in [0.05, 0.1) is 53.2 Å². The smallest absolute Gasteiger partial charge is 0.178 e. The van der Waals surface area contributed by atoms with E-state index in [1.807, 2.05) is 0 Å². The van der Waals surface area contributed by atoms with Gasteiger partial charge in [0.1, 0.15) is 0 Å². The quantitative estimate of drug-likeness (QED) is 0.550. The monoisotopic (exact) mass is 200 g/mol. The normalized spacial score (nSPS) is 31.3. The minimum Gasteiger partial charge on any atom is -0.349 e. The van der Waals surface area contributed by atoms with Crippen LogP contribution in [-0.4, -0.2) is 50.7 Å². The second-order valence-corrected chi connectivity index (χ2v) is 5.20. The highest BCUT2D eigenvalue weighted by Crippen LogP contribution is 2.31. The summed E-state index contributed by atoms with van der Waals surface area (Å²) >= 11 is 0. The first-order valence-corrected chi connectivity index (χ1v) is 5.72. The first kappa shape index (κ1) is 10.4. The van der Waals surface area contributed by atoms with Gasteiger partial charge in [-0.25, -0.2) is 0 Å². The number of nitrogens with zero attached hydrogens (tertiary/aromatic N) is 1. The van der Waals surface area contributed by atoms with Gasteiger partial charge in [-0.05, 0) is 12.8 Å². The highest BCUT2D eigenvalue weighted by atomic mass is 16.7. The maximum Gasteiger partial charge on any atom is 0.178 e. The molecular weight excluding hydrogens is 178 g/mol. The fourth-order valence-electron chi connectivity index (χ4n) is 2.23. The van der Waals surface area contributed by atoms with Gasteiger partial charge in [-0.2, -0.15) is 0 Å². The van der Waals surface area contributed by atoms with Gasteiger partial charge >= 0.3 is 0 Å². The van der Waals surface area contributed by atoms with Crippen LogP contribution in [0.25, 0.3) is 0 Å². The van der Waals surface area contributed by atoms with Gasteiger partial charge in [-0.15, -0.1) is 0 Å². The van der Waals surface area contributed by atoms with E-state index in [2.05, 4.69) is 14.1 Å². The van der Waals surface area contributed by atoms with Gasteiger partial charge in [-0.1, -0.05) is 0 Å². The van der Waals surface area contributed by atoms with Gasteiger partial charge in [0.2, 0.25) is 0 Å². The van der Waals surface area contributed by atoms with Crippen molar-refractivity contribution < 1.29 is 14.0 Å². The molecule has 0 aromatic heterocycles. The van der Waals surface area contributed by atoms with Crippen molar-refractivity contribution in [2.75, 3.05) is 40.4 Å². The Kier molecular flexibility index (Phi) is 2.82. The van der Waals surface area contributed by atoms with Crippen LogP contribution in [0.2, 0.25) is 0 Å². The number of hydrogen-bond acceptors (Lipinski definition) is 2. The summed E-state index contributed by atoms with van der Waals surface area (Å²) in [6.07, 6.45) is 4.42. The van der Waals surface area contributed by atoms with Crippen molar-refractivity contribution in [2.24, 2.45) is 0 Å². The Morgan fingerprint density at radius 2 is 1.43 bits per heavy atom. The van der Waals surface area contributed by atoms with E-state index in [1.165, 1.54) is 13.1 Å². The first-order valence-electron chi connectivity index (χ1n) is 5.72. The van der Waals surface area contributed by atoms with Gasteiger partial charge < -0.3 is 14.0 Å². The lowest BCUT2D eigenvalue weighted by molar-refractivity contribution is -0.899. The lowest BCUT2D eigenvalue weighted by Crippen LogP contribution is -2.54. The van der Waals surface area contributed by atoms with Gasteiger partial charge in [0.25, 0.3) is 0 Å². The van der Waals surface area contributed by atoms with E-state index >= 15 is 0 Å². The number of rotatable bonds is 0. The molecule has 0 aromatic rings. The third-order valence-corrected chi connectivity index (χ3v) is 3.46. The van der Waals surface area contributed by atoms with Crippen LogP contribution in [0, 0.1) is 0 Å². The van der Waals surface area contributed by atoms with Crippen LogP contribution < -0.4 is 0 Å². The molecule has 0 aliphatic carbocycles. The summed E-state index contributed by atoms with van der Waals surface area (Å²) in [4.78, 5) is 0.